The number of para-hydroxylation sites is 1. The number of carbonyl (C=O) groups excluding carboxylic acids is 3. The Hall–Kier alpha value is -3.18. The lowest BCUT2D eigenvalue weighted by Crippen LogP contribution is -2.59. The van der Waals surface area contributed by atoms with Crippen molar-refractivity contribution in [3.63, 3.8) is 0 Å². The molecule has 5 rings (SSSR count). The van der Waals surface area contributed by atoms with Gasteiger partial charge in [0.2, 0.25) is 17.7 Å². The number of aromatic nitrogens is 3. The maximum atomic E-state index is 14.7. The normalized spacial score (nSPS) is 29.4. The van der Waals surface area contributed by atoms with Crippen molar-refractivity contribution < 1.29 is 19.5 Å². The van der Waals surface area contributed by atoms with E-state index < -0.39 is 28.7 Å². The molecule has 1 aromatic carbocycles. The van der Waals surface area contributed by atoms with E-state index in [-0.39, 0.29) is 48.7 Å². The molecule has 3 unspecified atom stereocenters. The van der Waals surface area contributed by atoms with Crippen molar-refractivity contribution in [2.24, 2.45) is 17.8 Å². The van der Waals surface area contributed by atoms with Crippen molar-refractivity contribution >= 4 is 40.5 Å². The van der Waals surface area contributed by atoms with Crippen LogP contribution in [0.25, 0.3) is 11.0 Å². The van der Waals surface area contributed by atoms with E-state index in [2.05, 4.69) is 30.4 Å². The first-order chi connectivity index (χ1) is 19.2. The lowest BCUT2D eigenvalue weighted by Gasteiger charge is -2.42. The molecule has 2 aromatic rings. The molecular weight excluding hydrogens is 528 g/mol. The van der Waals surface area contributed by atoms with Crippen LogP contribution < -0.4 is 0 Å². The highest BCUT2D eigenvalue weighted by Crippen LogP contribution is 2.69. The molecule has 7 atom stereocenters. The van der Waals surface area contributed by atoms with E-state index >= 15 is 0 Å². The number of thioether (sulfide) groups is 1. The molecular formula is C29H38N6O4S. The third kappa shape index (κ3) is 4.16. The average Bonchev–Trinajstić information content (AvgIpc) is 3.66. The topological polar surface area (TPSA) is 112 Å². The number of rotatable bonds is 11. The standard InChI is InChI=1S/C29H38N6O4S/c1-6-13-32(5)26(37)23-22-15-18(4)29(40-22)24(23)27(38)35(19(8-3)16-36)25(29)28(39)33(14-7-2)17-34-21-12-10-9-11-20(21)30-31-34/h6-7,9-12,18-19,22-25,36H,1-2,8,13-17H2,3-5H3/t18?,19-,22+,23-,24-,25?,29?/m0/s1. The third-order valence-electron chi connectivity index (χ3n) is 8.94. The third-order valence-corrected chi connectivity index (χ3v) is 11.0. The van der Waals surface area contributed by atoms with Crippen molar-refractivity contribution in [3.05, 3.63) is 49.6 Å². The zero-order chi connectivity index (χ0) is 28.8. The number of carbonyl (C=O) groups is 3. The highest BCUT2D eigenvalue weighted by molar-refractivity contribution is 8.02. The summed E-state index contributed by atoms with van der Waals surface area (Å²) in [6, 6.07) is 6.18. The first kappa shape index (κ1) is 28.4. The number of likely N-dealkylation sites (tertiary alicyclic amines) is 1. The summed E-state index contributed by atoms with van der Waals surface area (Å²) >= 11 is 1.63. The molecule has 214 valence electrons. The molecule has 0 saturated carbocycles. The summed E-state index contributed by atoms with van der Waals surface area (Å²) in [6.07, 6.45) is 4.57. The maximum absolute atomic E-state index is 14.7. The SMILES string of the molecule is C=CCN(C)C(=O)[C@@H]1[C@H]2C(=O)N([C@@H](CC)CO)C(C(=O)N(CC=C)Cn3nnc4ccccc43)C23S[C@@H]1CC3C. The van der Waals surface area contributed by atoms with E-state index in [1.807, 2.05) is 31.2 Å². The van der Waals surface area contributed by atoms with Crippen LogP contribution in [0.3, 0.4) is 0 Å². The van der Waals surface area contributed by atoms with Crippen LogP contribution in [0, 0.1) is 17.8 Å². The Balaban J connectivity index is 1.58. The number of aliphatic hydroxyl groups is 1. The molecule has 3 aliphatic rings. The second-order valence-corrected chi connectivity index (χ2v) is 12.7. The molecule has 3 amide bonds. The summed E-state index contributed by atoms with van der Waals surface area (Å²) in [5.74, 6) is -1.67. The van der Waals surface area contributed by atoms with Crippen molar-refractivity contribution in [2.75, 3.05) is 26.7 Å². The van der Waals surface area contributed by atoms with E-state index in [0.717, 1.165) is 17.5 Å². The fourth-order valence-corrected chi connectivity index (χ4v) is 9.49. The Kier molecular flexibility index (Phi) is 7.80. The Labute approximate surface area is 239 Å². The van der Waals surface area contributed by atoms with Gasteiger partial charge in [-0.25, -0.2) is 4.68 Å². The number of aliphatic hydroxyl groups excluding tert-OH is 1. The van der Waals surface area contributed by atoms with Gasteiger partial charge in [0, 0.05) is 25.4 Å². The highest BCUT2D eigenvalue weighted by atomic mass is 32.2. The van der Waals surface area contributed by atoms with E-state index in [9.17, 15) is 19.5 Å². The smallest absolute Gasteiger partial charge is 0.248 e. The predicted molar refractivity (Wildman–Crippen MR) is 154 cm³/mol. The first-order valence-electron chi connectivity index (χ1n) is 13.9. The molecule has 4 heterocycles. The molecule has 0 radical (unpaired) electrons. The van der Waals surface area contributed by atoms with Crippen LogP contribution in [0.5, 0.6) is 0 Å². The Bertz CT molecular complexity index is 1330. The monoisotopic (exact) mass is 566 g/mol. The number of benzene rings is 1. The molecule has 1 N–H and O–H groups in total. The summed E-state index contributed by atoms with van der Waals surface area (Å²) in [5.41, 5.74) is 1.52. The van der Waals surface area contributed by atoms with Gasteiger partial charge in [0.1, 0.15) is 18.2 Å². The minimum Gasteiger partial charge on any atom is -0.394 e. The Morgan fingerprint density at radius 3 is 2.65 bits per heavy atom. The quantitative estimate of drug-likeness (QED) is 0.415. The van der Waals surface area contributed by atoms with Crippen LogP contribution >= 0.6 is 11.8 Å². The highest BCUT2D eigenvalue weighted by Gasteiger charge is 2.76. The second-order valence-electron chi connectivity index (χ2n) is 11.1. The van der Waals surface area contributed by atoms with Crippen LogP contribution in [0.15, 0.2) is 49.6 Å². The molecule has 40 heavy (non-hydrogen) atoms. The van der Waals surface area contributed by atoms with Crippen LogP contribution in [-0.2, 0) is 21.1 Å². The van der Waals surface area contributed by atoms with Gasteiger partial charge in [0.25, 0.3) is 0 Å². The maximum Gasteiger partial charge on any atom is 0.248 e. The van der Waals surface area contributed by atoms with Gasteiger partial charge in [0.15, 0.2) is 0 Å². The number of hydrogen-bond donors (Lipinski definition) is 1. The lowest BCUT2D eigenvalue weighted by molar-refractivity contribution is -0.147. The number of hydrogen-bond acceptors (Lipinski definition) is 7. The average molecular weight is 567 g/mol. The minimum absolute atomic E-state index is 0.0261. The summed E-state index contributed by atoms with van der Waals surface area (Å²) in [6.45, 7) is 12.1. The molecule has 0 aliphatic carbocycles. The number of fused-ring (bicyclic) bond motifs is 2. The Morgan fingerprint density at radius 2 is 1.98 bits per heavy atom. The van der Waals surface area contributed by atoms with Gasteiger partial charge in [-0.2, -0.15) is 0 Å². The minimum atomic E-state index is -0.829. The van der Waals surface area contributed by atoms with Gasteiger partial charge in [-0.1, -0.05) is 43.3 Å². The summed E-state index contributed by atoms with van der Waals surface area (Å²) < 4.78 is 0.899. The molecule has 1 spiro atoms. The lowest BCUT2D eigenvalue weighted by atomic mass is 9.65. The molecule has 3 fully saturated rings. The summed E-state index contributed by atoms with van der Waals surface area (Å²) in [4.78, 5) is 47.6. The van der Waals surface area contributed by atoms with E-state index in [4.69, 9.17) is 0 Å². The summed E-state index contributed by atoms with van der Waals surface area (Å²) in [7, 11) is 1.73. The zero-order valence-corrected chi connectivity index (χ0v) is 24.2. The number of likely N-dealkylation sites (N-methyl/N-ethyl adjacent to an activating group) is 1. The molecule has 2 bridgehead atoms. The van der Waals surface area contributed by atoms with Gasteiger partial charge in [-0.3, -0.25) is 14.4 Å². The Morgan fingerprint density at radius 1 is 1.25 bits per heavy atom. The zero-order valence-electron chi connectivity index (χ0n) is 23.3. The second kappa shape index (κ2) is 11.0. The first-order valence-corrected chi connectivity index (χ1v) is 14.8. The molecule has 11 heteroatoms. The number of amides is 3. The van der Waals surface area contributed by atoms with Gasteiger partial charge in [-0.05, 0) is 30.9 Å². The molecule has 1 aromatic heterocycles. The van der Waals surface area contributed by atoms with Crippen molar-refractivity contribution in [1.29, 1.82) is 0 Å². The van der Waals surface area contributed by atoms with Crippen LogP contribution in [0.4, 0.5) is 0 Å². The van der Waals surface area contributed by atoms with E-state index in [1.165, 1.54) is 0 Å². The predicted octanol–water partition coefficient (Wildman–Crippen LogP) is 2.16. The van der Waals surface area contributed by atoms with Crippen molar-refractivity contribution in [1.82, 2.24) is 29.7 Å². The molecule has 3 aliphatic heterocycles. The van der Waals surface area contributed by atoms with E-state index in [0.29, 0.717) is 13.0 Å². The van der Waals surface area contributed by atoms with Gasteiger partial charge >= 0.3 is 0 Å². The van der Waals surface area contributed by atoms with Crippen LogP contribution in [-0.4, -0.2) is 101 Å². The van der Waals surface area contributed by atoms with Crippen molar-refractivity contribution in [2.45, 2.75) is 55.4 Å². The number of nitrogens with zero attached hydrogens (tertiary/aromatic N) is 6. The van der Waals surface area contributed by atoms with E-state index in [1.54, 1.807) is 50.3 Å². The van der Waals surface area contributed by atoms with Crippen LogP contribution in [0.1, 0.15) is 26.7 Å². The fourth-order valence-electron chi connectivity index (χ4n) is 7.10. The summed E-state index contributed by atoms with van der Waals surface area (Å²) in [5, 5.41) is 18.8. The molecule has 3 saturated heterocycles. The van der Waals surface area contributed by atoms with Gasteiger partial charge in [0.05, 0.1) is 34.7 Å². The molecule has 10 nitrogen and oxygen atoms in total. The fraction of sp³-hybridized carbons (Fsp3) is 0.552. The van der Waals surface area contributed by atoms with Gasteiger partial charge < -0.3 is 19.8 Å². The van der Waals surface area contributed by atoms with Crippen LogP contribution in [0.2, 0.25) is 0 Å². The van der Waals surface area contributed by atoms with Crippen molar-refractivity contribution in [3.8, 4) is 0 Å². The largest absolute Gasteiger partial charge is 0.394 e. The van der Waals surface area contributed by atoms with Gasteiger partial charge in [-0.15, -0.1) is 30.0 Å².